The Kier molecular flexibility index (Phi) is 6.50. The average molecular weight is 297 g/mol. The number of rotatable bonds is 3. The van der Waals surface area contributed by atoms with E-state index in [9.17, 15) is 4.79 Å². The molecule has 0 aromatic heterocycles. The van der Waals surface area contributed by atoms with Crippen LogP contribution in [0.2, 0.25) is 0 Å². The van der Waals surface area contributed by atoms with Crippen molar-refractivity contribution < 1.29 is 4.79 Å². The molecule has 1 aromatic rings. The molecular weight excluding hydrogens is 272 g/mol. The smallest absolute Gasteiger partial charge is 0.223 e. The first-order valence-electron chi connectivity index (χ1n) is 7.17. The molecule has 1 aromatic carbocycles. The van der Waals surface area contributed by atoms with Gasteiger partial charge >= 0.3 is 0 Å². The maximum Gasteiger partial charge on any atom is 0.223 e. The number of nitrogens with two attached hydrogens (primary N) is 1. The molecule has 2 N–H and O–H groups in total. The van der Waals surface area contributed by atoms with Gasteiger partial charge in [0.15, 0.2) is 0 Å². The fraction of sp³-hybridized carbons (Fsp3) is 0.562. The van der Waals surface area contributed by atoms with Gasteiger partial charge in [-0.15, -0.1) is 12.4 Å². The van der Waals surface area contributed by atoms with Gasteiger partial charge in [0.1, 0.15) is 0 Å². The summed E-state index contributed by atoms with van der Waals surface area (Å²) in [5.41, 5.74) is 8.42. The van der Waals surface area contributed by atoms with Crippen LogP contribution in [0, 0.1) is 6.92 Å². The highest BCUT2D eigenvalue weighted by Crippen LogP contribution is 2.23. The zero-order valence-electron chi connectivity index (χ0n) is 12.3. The fourth-order valence-electron chi connectivity index (χ4n) is 2.79. The zero-order chi connectivity index (χ0) is 13.8. The lowest BCUT2D eigenvalue weighted by atomic mass is 9.93. The van der Waals surface area contributed by atoms with E-state index in [1.165, 1.54) is 11.1 Å². The molecule has 0 aliphatic carbocycles. The highest BCUT2D eigenvalue weighted by molar-refractivity contribution is 5.85. The van der Waals surface area contributed by atoms with Gasteiger partial charge in [-0.1, -0.05) is 31.2 Å². The van der Waals surface area contributed by atoms with E-state index >= 15 is 0 Å². The second-order valence-corrected chi connectivity index (χ2v) is 5.68. The monoisotopic (exact) mass is 296 g/mol. The second-order valence-electron chi connectivity index (χ2n) is 5.68. The Morgan fingerprint density at radius 3 is 2.55 bits per heavy atom. The van der Waals surface area contributed by atoms with Gasteiger partial charge < -0.3 is 10.6 Å². The topological polar surface area (TPSA) is 46.3 Å². The minimum atomic E-state index is 0. The van der Waals surface area contributed by atoms with Crippen LogP contribution in [0.1, 0.15) is 43.2 Å². The number of halogens is 1. The first kappa shape index (κ1) is 17.0. The van der Waals surface area contributed by atoms with E-state index in [-0.39, 0.29) is 30.3 Å². The normalized spacial score (nSPS) is 17.4. The van der Waals surface area contributed by atoms with Gasteiger partial charge in [0.05, 0.1) is 0 Å². The first-order chi connectivity index (χ1) is 9.08. The number of piperidine rings is 1. The minimum Gasteiger partial charge on any atom is -0.343 e. The summed E-state index contributed by atoms with van der Waals surface area (Å²) < 4.78 is 0. The number of likely N-dealkylation sites (tertiary alicyclic amines) is 1. The van der Waals surface area contributed by atoms with Gasteiger partial charge in [-0.3, -0.25) is 4.79 Å². The van der Waals surface area contributed by atoms with Crippen LogP contribution < -0.4 is 5.73 Å². The van der Waals surface area contributed by atoms with Crippen molar-refractivity contribution in [2.45, 2.75) is 45.1 Å². The van der Waals surface area contributed by atoms with Crippen LogP contribution in [-0.2, 0) is 4.79 Å². The molecule has 1 saturated heterocycles. The molecule has 0 radical (unpaired) electrons. The van der Waals surface area contributed by atoms with Crippen molar-refractivity contribution in [2.75, 3.05) is 13.1 Å². The molecule has 20 heavy (non-hydrogen) atoms. The third-order valence-corrected chi connectivity index (χ3v) is 4.09. The number of hydrogen-bond acceptors (Lipinski definition) is 2. The molecule has 2 rings (SSSR count). The Hall–Kier alpha value is -1.06. The SMILES string of the molecule is Cc1ccccc1C(C)CC(=O)N1CCC(N)CC1.Cl. The summed E-state index contributed by atoms with van der Waals surface area (Å²) in [6, 6.07) is 8.59. The molecule has 0 bridgehead atoms. The maximum atomic E-state index is 12.3. The second kappa shape index (κ2) is 7.65. The Bertz CT molecular complexity index is 442. The Morgan fingerprint density at radius 1 is 1.35 bits per heavy atom. The Labute approximate surface area is 127 Å². The van der Waals surface area contributed by atoms with E-state index < -0.39 is 0 Å². The number of carbonyl (C=O) groups is 1. The number of hydrogen-bond donors (Lipinski definition) is 1. The van der Waals surface area contributed by atoms with Crippen molar-refractivity contribution in [3.8, 4) is 0 Å². The van der Waals surface area contributed by atoms with E-state index in [4.69, 9.17) is 5.73 Å². The molecule has 1 unspecified atom stereocenters. The van der Waals surface area contributed by atoms with Crippen molar-refractivity contribution in [1.29, 1.82) is 0 Å². The maximum absolute atomic E-state index is 12.3. The van der Waals surface area contributed by atoms with Gasteiger partial charge in [0.2, 0.25) is 5.91 Å². The summed E-state index contributed by atoms with van der Waals surface area (Å²) in [6.07, 6.45) is 2.47. The Morgan fingerprint density at radius 2 is 1.95 bits per heavy atom. The molecule has 1 heterocycles. The quantitative estimate of drug-likeness (QED) is 0.932. The molecule has 1 atom stereocenters. The predicted molar refractivity (Wildman–Crippen MR) is 85.2 cm³/mol. The molecule has 1 aliphatic heterocycles. The molecule has 1 fully saturated rings. The number of benzene rings is 1. The lowest BCUT2D eigenvalue weighted by Crippen LogP contribution is -2.43. The van der Waals surface area contributed by atoms with Crippen molar-refractivity contribution in [2.24, 2.45) is 5.73 Å². The van der Waals surface area contributed by atoms with Crippen molar-refractivity contribution in [3.05, 3.63) is 35.4 Å². The molecule has 0 saturated carbocycles. The average Bonchev–Trinajstić information content (AvgIpc) is 2.39. The summed E-state index contributed by atoms with van der Waals surface area (Å²) in [7, 11) is 0. The van der Waals surface area contributed by atoms with Gasteiger partial charge in [0, 0.05) is 25.6 Å². The molecule has 3 nitrogen and oxygen atoms in total. The highest BCUT2D eigenvalue weighted by Gasteiger charge is 2.22. The molecule has 112 valence electrons. The predicted octanol–water partition coefficient (Wildman–Crippen LogP) is 2.86. The molecular formula is C16H25ClN2O. The zero-order valence-corrected chi connectivity index (χ0v) is 13.2. The summed E-state index contributed by atoms with van der Waals surface area (Å²) in [5, 5.41) is 0. The minimum absolute atomic E-state index is 0. The highest BCUT2D eigenvalue weighted by atomic mass is 35.5. The van der Waals surface area contributed by atoms with Crippen LogP contribution in [-0.4, -0.2) is 29.9 Å². The van der Waals surface area contributed by atoms with E-state index in [0.29, 0.717) is 6.42 Å². The standard InChI is InChI=1S/C16H24N2O.ClH/c1-12-5-3-4-6-15(12)13(2)11-16(19)18-9-7-14(17)8-10-18;/h3-6,13-14H,7-11,17H2,1-2H3;1H. The fourth-order valence-corrected chi connectivity index (χ4v) is 2.79. The molecule has 0 spiro atoms. The molecule has 4 heteroatoms. The van der Waals surface area contributed by atoms with Crippen LogP contribution >= 0.6 is 12.4 Å². The number of nitrogens with zero attached hydrogens (tertiary/aromatic N) is 1. The largest absolute Gasteiger partial charge is 0.343 e. The third-order valence-electron chi connectivity index (χ3n) is 4.09. The van der Waals surface area contributed by atoms with Crippen molar-refractivity contribution in [1.82, 2.24) is 4.90 Å². The van der Waals surface area contributed by atoms with E-state index in [2.05, 4.69) is 26.0 Å². The van der Waals surface area contributed by atoms with Crippen LogP contribution in [0.5, 0.6) is 0 Å². The van der Waals surface area contributed by atoms with E-state index in [0.717, 1.165) is 25.9 Å². The number of aryl methyl sites for hydroxylation is 1. The molecule has 1 amide bonds. The summed E-state index contributed by atoms with van der Waals surface area (Å²) in [4.78, 5) is 14.3. The summed E-state index contributed by atoms with van der Waals surface area (Å²) >= 11 is 0. The van der Waals surface area contributed by atoms with Gasteiger partial charge in [-0.2, -0.15) is 0 Å². The van der Waals surface area contributed by atoms with Crippen LogP contribution in [0.3, 0.4) is 0 Å². The van der Waals surface area contributed by atoms with E-state index in [1.807, 2.05) is 17.0 Å². The van der Waals surface area contributed by atoms with Gasteiger partial charge in [0.25, 0.3) is 0 Å². The van der Waals surface area contributed by atoms with Crippen molar-refractivity contribution in [3.63, 3.8) is 0 Å². The van der Waals surface area contributed by atoms with Crippen LogP contribution in [0.15, 0.2) is 24.3 Å². The van der Waals surface area contributed by atoms with Crippen LogP contribution in [0.4, 0.5) is 0 Å². The van der Waals surface area contributed by atoms with E-state index in [1.54, 1.807) is 0 Å². The van der Waals surface area contributed by atoms with Crippen molar-refractivity contribution >= 4 is 18.3 Å². The Balaban J connectivity index is 0.00000200. The van der Waals surface area contributed by atoms with Gasteiger partial charge in [-0.05, 0) is 36.8 Å². The summed E-state index contributed by atoms with van der Waals surface area (Å²) in [5.74, 6) is 0.548. The number of carbonyl (C=O) groups excluding carboxylic acids is 1. The van der Waals surface area contributed by atoms with Gasteiger partial charge in [-0.25, -0.2) is 0 Å². The first-order valence-corrected chi connectivity index (χ1v) is 7.17. The lowest BCUT2D eigenvalue weighted by Gasteiger charge is -2.31. The third kappa shape index (κ3) is 4.22. The lowest BCUT2D eigenvalue weighted by molar-refractivity contribution is -0.132. The summed E-state index contributed by atoms with van der Waals surface area (Å²) in [6.45, 7) is 5.88. The molecule has 1 aliphatic rings. The van der Waals surface area contributed by atoms with Crippen LogP contribution in [0.25, 0.3) is 0 Å². The number of amides is 1.